The molecule has 0 N–H and O–H groups in total. The summed E-state index contributed by atoms with van der Waals surface area (Å²) >= 11 is 5.14. The molecule has 0 saturated carbocycles. The number of halogens is 3. The fraction of sp³-hybridized carbons (Fsp3) is 0.364. The number of rotatable bonds is 3. The average molecular weight is 233 g/mol. The molecule has 0 fully saturated rings. The molecule has 82 valence electrons. The fourth-order valence-corrected chi connectivity index (χ4v) is 1.57. The van der Waals surface area contributed by atoms with Crippen LogP contribution >= 0.6 is 11.6 Å². The van der Waals surface area contributed by atoms with E-state index >= 15 is 0 Å². The number of carbonyl (C=O) groups is 1. The average Bonchev–Trinajstić information content (AvgIpc) is 2.15. The van der Waals surface area contributed by atoms with Gasteiger partial charge in [0.05, 0.1) is 5.88 Å². The molecule has 0 aliphatic carbocycles. The summed E-state index contributed by atoms with van der Waals surface area (Å²) in [4.78, 5) is 11.0. The smallest absolute Gasteiger partial charge is 0.291 e. The van der Waals surface area contributed by atoms with Crippen molar-refractivity contribution in [3.05, 3.63) is 34.9 Å². The summed E-state index contributed by atoms with van der Waals surface area (Å²) < 4.78 is 27.0. The lowest BCUT2D eigenvalue weighted by Gasteiger charge is -2.15. The highest BCUT2D eigenvalue weighted by Crippen LogP contribution is 2.30. The quantitative estimate of drug-likeness (QED) is 0.732. The number of carbonyl (C=O) groups excluding carboxylic acids is 1. The maximum Gasteiger partial charge on any atom is 0.331 e. The van der Waals surface area contributed by atoms with Crippen LogP contribution in [0.15, 0.2) is 18.2 Å². The Morgan fingerprint density at radius 3 is 2.13 bits per heavy atom. The van der Waals surface area contributed by atoms with Gasteiger partial charge < -0.3 is 0 Å². The summed E-state index contributed by atoms with van der Waals surface area (Å²) in [5.74, 6) is -5.44. The van der Waals surface area contributed by atoms with Gasteiger partial charge in [-0.1, -0.05) is 17.2 Å². The molecule has 0 aliphatic heterocycles. The fourth-order valence-electron chi connectivity index (χ4n) is 1.40. The van der Waals surface area contributed by atoms with E-state index in [1.54, 1.807) is 19.9 Å². The van der Waals surface area contributed by atoms with Gasteiger partial charge in [0.1, 0.15) is 0 Å². The number of hydrogen-bond donors (Lipinski definition) is 0. The Bertz CT molecular complexity index is 368. The Kier molecular flexibility index (Phi) is 3.45. The first-order chi connectivity index (χ1) is 6.87. The summed E-state index contributed by atoms with van der Waals surface area (Å²) in [5, 5.41) is 0. The lowest BCUT2D eigenvalue weighted by molar-refractivity contribution is -0.141. The minimum absolute atomic E-state index is 0.286. The summed E-state index contributed by atoms with van der Waals surface area (Å²) in [7, 11) is 0. The van der Waals surface area contributed by atoms with Crippen molar-refractivity contribution in [2.45, 2.75) is 19.8 Å². The molecular weight excluding hydrogens is 222 g/mol. The van der Waals surface area contributed by atoms with Crippen molar-refractivity contribution in [2.75, 3.05) is 5.88 Å². The Labute approximate surface area is 92.1 Å². The van der Waals surface area contributed by atoms with E-state index in [1.165, 1.54) is 12.1 Å². The first-order valence-electron chi connectivity index (χ1n) is 4.43. The van der Waals surface area contributed by atoms with Gasteiger partial charge in [0, 0.05) is 5.56 Å². The molecule has 1 aromatic carbocycles. The first kappa shape index (κ1) is 12.1. The van der Waals surface area contributed by atoms with Crippen molar-refractivity contribution in [3.63, 3.8) is 0 Å². The van der Waals surface area contributed by atoms with Crippen molar-refractivity contribution in [1.29, 1.82) is 0 Å². The van der Waals surface area contributed by atoms with E-state index in [1.807, 2.05) is 0 Å². The number of Topliss-reactive ketones (excluding diaryl/α,β-unsaturated/α-hetero) is 1. The van der Waals surface area contributed by atoms with E-state index in [-0.39, 0.29) is 5.56 Å². The molecule has 1 nitrogen and oxygen atoms in total. The maximum absolute atomic E-state index is 13.5. The van der Waals surface area contributed by atoms with Crippen molar-refractivity contribution >= 4 is 17.4 Å². The van der Waals surface area contributed by atoms with Gasteiger partial charge >= 0.3 is 5.92 Å². The van der Waals surface area contributed by atoms with Crippen LogP contribution in [0.25, 0.3) is 0 Å². The standard InChI is InChI=1S/C11H11ClF2O/c1-7-3-8(2)5-9(4-7)11(13,14)10(15)6-12/h3-5H,6H2,1-2H3. The number of alkyl halides is 3. The highest BCUT2D eigenvalue weighted by molar-refractivity contribution is 6.28. The minimum atomic E-state index is -3.49. The van der Waals surface area contributed by atoms with Crippen LogP contribution in [0, 0.1) is 13.8 Å². The van der Waals surface area contributed by atoms with E-state index < -0.39 is 17.6 Å². The van der Waals surface area contributed by atoms with Crippen LogP contribution in [0.4, 0.5) is 8.78 Å². The molecule has 0 heterocycles. The van der Waals surface area contributed by atoms with Gasteiger partial charge in [0.25, 0.3) is 0 Å². The van der Waals surface area contributed by atoms with E-state index in [4.69, 9.17) is 11.6 Å². The highest BCUT2D eigenvalue weighted by Gasteiger charge is 2.39. The molecule has 0 amide bonds. The predicted molar refractivity (Wildman–Crippen MR) is 55.5 cm³/mol. The Balaban J connectivity index is 3.20. The molecule has 0 unspecified atom stereocenters. The SMILES string of the molecule is Cc1cc(C)cc(C(F)(F)C(=O)CCl)c1. The molecule has 4 heteroatoms. The summed E-state index contributed by atoms with van der Waals surface area (Å²) in [5.41, 5.74) is 1.12. The van der Waals surface area contributed by atoms with E-state index in [0.717, 1.165) is 0 Å². The normalized spacial score (nSPS) is 11.5. The third-order valence-corrected chi connectivity index (χ3v) is 2.30. The highest BCUT2D eigenvalue weighted by atomic mass is 35.5. The third-order valence-electron chi connectivity index (χ3n) is 2.06. The lowest BCUT2D eigenvalue weighted by Crippen LogP contribution is -2.27. The van der Waals surface area contributed by atoms with Crippen LogP contribution in [0.5, 0.6) is 0 Å². The molecule has 0 aliphatic rings. The van der Waals surface area contributed by atoms with Crippen LogP contribution in [0.1, 0.15) is 16.7 Å². The molecule has 0 aromatic heterocycles. The van der Waals surface area contributed by atoms with Crippen molar-refractivity contribution in [1.82, 2.24) is 0 Å². The van der Waals surface area contributed by atoms with Gasteiger partial charge in [-0.2, -0.15) is 8.78 Å². The zero-order chi connectivity index (χ0) is 11.6. The predicted octanol–water partition coefficient (Wildman–Crippen LogP) is 3.20. The molecule has 0 saturated heterocycles. The summed E-state index contributed by atoms with van der Waals surface area (Å²) in [6.07, 6.45) is 0. The maximum atomic E-state index is 13.5. The van der Waals surface area contributed by atoms with Crippen molar-refractivity contribution < 1.29 is 13.6 Å². The van der Waals surface area contributed by atoms with Gasteiger partial charge in [-0.25, -0.2) is 0 Å². The second-order valence-electron chi connectivity index (χ2n) is 3.51. The van der Waals surface area contributed by atoms with Crippen LogP contribution in [0.2, 0.25) is 0 Å². The van der Waals surface area contributed by atoms with Crippen LogP contribution in [-0.2, 0) is 10.7 Å². The molecule has 15 heavy (non-hydrogen) atoms. The summed E-state index contributed by atoms with van der Waals surface area (Å²) in [6, 6.07) is 4.37. The van der Waals surface area contributed by atoms with Gasteiger partial charge in [-0.3, -0.25) is 4.79 Å². The molecule has 0 atom stereocenters. The second-order valence-corrected chi connectivity index (χ2v) is 3.77. The largest absolute Gasteiger partial charge is 0.331 e. The van der Waals surface area contributed by atoms with Gasteiger partial charge in [0.2, 0.25) is 5.78 Å². The van der Waals surface area contributed by atoms with Gasteiger partial charge in [-0.15, -0.1) is 11.6 Å². The number of ketones is 1. The number of benzene rings is 1. The first-order valence-corrected chi connectivity index (χ1v) is 4.97. The lowest BCUT2D eigenvalue weighted by atomic mass is 10.0. The topological polar surface area (TPSA) is 17.1 Å². The second kappa shape index (κ2) is 4.27. The van der Waals surface area contributed by atoms with Crippen molar-refractivity contribution in [3.8, 4) is 0 Å². The van der Waals surface area contributed by atoms with Crippen LogP contribution < -0.4 is 0 Å². The molecule has 1 rings (SSSR count). The van der Waals surface area contributed by atoms with Gasteiger partial charge in [0.15, 0.2) is 0 Å². The van der Waals surface area contributed by atoms with Crippen LogP contribution in [0.3, 0.4) is 0 Å². The Hall–Kier alpha value is -0.960. The monoisotopic (exact) mass is 232 g/mol. The number of hydrogen-bond acceptors (Lipinski definition) is 1. The minimum Gasteiger partial charge on any atom is -0.291 e. The van der Waals surface area contributed by atoms with Gasteiger partial charge in [-0.05, 0) is 26.0 Å². The molecule has 0 bridgehead atoms. The number of aryl methyl sites for hydroxylation is 2. The van der Waals surface area contributed by atoms with E-state index in [9.17, 15) is 13.6 Å². The zero-order valence-electron chi connectivity index (χ0n) is 8.48. The molecule has 1 aromatic rings. The van der Waals surface area contributed by atoms with E-state index in [0.29, 0.717) is 11.1 Å². The zero-order valence-corrected chi connectivity index (χ0v) is 9.24. The molecular formula is C11H11ClF2O. The molecule has 0 radical (unpaired) electrons. The third kappa shape index (κ3) is 2.53. The van der Waals surface area contributed by atoms with Crippen LogP contribution in [-0.4, -0.2) is 11.7 Å². The van der Waals surface area contributed by atoms with E-state index in [2.05, 4.69) is 0 Å². The Morgan fingerprint density at radius 1 is 1.27 bits per heavy atom. The summed E-state index contributed by atoms with van der Waals surface area (Å²) in [6.45, 7) is 3.41. The van der Waals surface area contributed by atoms with Crippen molar-refractivity contribution in [2.24, 2.45) is 0 Å². The molecule has 0 spiro atoms. The Morgan fingerprint density at radius 2 is 1.73 bits per heavy atom.